The van der Waals surface area contributed by atoms with Gasteiger partial charge in [0.15, 0.2) is 0 Å². The van der Waals surface area contributed by atoms with Gasteiger partial charge in [0, 0.05) is 0 Å². The number of hydrogen-bond acceptors (Lipinski definition) is 0. The summed E-state index contributed by atoms with van der Waals surface area (Å²) in [6, 6.07) is 44.9. The van der Waals surface area contributed by atoms with Crippen LogP contribution in [0.15, 0.2) is 121 Å². The van der Waals surface area contributed by atoms with Crippen molar-refractivity contribution in [1.82, 2.24) is 0 Å². The van der Waals surface area contributed by atoms with Crippen molar-refractivity contribution in [3.8, 4) is 0 Å². The Labute approximate surface area is 361 Å². The van der Waals surface area contributed by atoms with E-state index in [-0.39, 0.29) is 15.8 Å². The van der Waals surface area contributed by atoms with Gasteiger partial charge in [0.05, 0.1) is 0 Å². The van der Waals surface area contributed by atoms with Gasteiger partial charge in [-0.05, 0) is 62.2 Å². The molecule has 0 aromatic heterocycles. The van der Waals surface area contributed by atoms with Gasteiger partial charge in [0.1, 0.15) is 0 Å². The molecule has 0 bridgehead atoms. The van der Waals surface area contributed by atoms with Crippen molar-refractivity contribution in [2.24, 2.45) is 0 Å². The zero-order valence-corrected chi connectivity index (χ0v) is 38.9. The largest absolute Gasteiger partial charge is 0.0622 e. The number of unbranched alkanes of at least 4 members (excludes halogenated alkanes) is 29. The van der Waals surface area contributed by atoms with E-state index in [4.69, 9.17) is 0 Å². The minimum absolute atomic E-state index is 0.209. The SMILES string of the molecule is c1ccc(P(CCCCCCCCCCCCCCCCCCCCCCCCCCCCCCCCP(c2ccccc2)c2ccccc2)c2ccccc2)cc1. The maximum atomic E-state index is 2.34. The zero-order chi connectivity index (χ0) is 40.2. The standard InChI is InChI=1S/C56H84P2/c1(3-5-7-9-11-13-15-17-19-21-23-25-27-41-51-57(53-43-33-29-34-44-53)54-45-35-30-36-46-54)2-4-6-8-10-12-14-16-18-20-22-24-26-28-42-52-58(55-47-37-31-38-48-55)56-49-39-32-40-50-56/h29-40,43-50H,1-28,41-42,51-52H2. The summed E-state index contributed by atoms with van der Waals surface area (Å²) in [4.78, 5) is 0. The predicted octanol–water partition coefficient (Wildman–Crippen LogP) is 17.0. The van der Waals surface area contributed by atoms with Gasteiger partial charge in [-0.2, -0.15) is 0 Å². The smallest absolute Gasteiger partial charge is 0.0195 e. The Morgan fingerprint density at radius 1 is 0.172 bits per heavy atom. The maximum absolute atomic E-state index is 2.34. The molecule has 0 aliphatic rings. The molecule has 58 heavy (non-hydrogen) atoms. The summed E-state index contributed by atoms with van der Waals surface area (Å²) in [6.45, 7) is 0. The Kier molecular flexibility index (Phi) is 28.8. The highest BCUT2D eigenvalue weighted by Gasteiger charge is 2.14. The monoisotopic (exact) mass is 819 g/mol. The molecule has 4 rings (SSSR count). The van der Waals surface area contributed by atoms with E-state index in [0.29, 0.717) is 0 Å². The third-order valence-corrected chi connectivity index (χ3v) is 17.5. The van der Waals surface area contributed by atoms with Gasteiger partial charge in [-0.25, -0.2) is 0 Å². The Hall–Kier alpha value is -2.26. The Morgan fingerprint density at radius 3 is 0.466 bits per heavy atom. The van der Waals surface area contributed by atoms with Gasteiger partial charge in [-0.3, -0.25) is 0 Å². The minimum Gasteiger partial charge on any atom is -0.0622 e. The average molecular weight is 819 g/mol. The summed E-state index contributed by atoms with van der Waals surface area (Å²) in [7, 11) is -0.418. The highest BCUT2D eigenvalue weighted by atomic mass is 31.1. The third kappa shape index (κ3) is 22.9. The summed E-state index contributed by atoms with van der Waals surface area (Å²) >= 11 is 0. The third-order valence-electron chi connectivity index (χ3n) is 12.3. The molecule has 0 N–H and O–H groups in total. The first-order valence-corrected chi connectivity index (χ1v) is 27.7. The average Bonchev–Trinajstić information content (AvgIpc) is 3.28. The second kappa shape index (κ2) is 34.5. The van der Waals surface area contributed by atoms with E-state index in [9.17, 15) is 0 Å². The van der Waals surface area contributed by atoms with E-state index in [2.05, 4.69) is 121 Å². The molecule has 0 fully saturated rings. The fourth-order valence-corrected chi connectivity index (χ4v) is 13.6. The van der Waals surface area contributed by atoms with Crippen LogP contribution in [0.4, 0.5) is 0 Å². The Bertz CT molecular complexity index is 1250. The van der Waals surface area contributed by atoms with Crippen LogP contribution >= 0.6 is 15.8 Å². The molecule has 0 aliphatic carbocycles. The highest BCUT2D eigenvalue weighted by molar-refractivity contribution is 7.73. The molecule has 0 nitrogen and oxygen atoms in total. The van der Waals surface area contributed by atoms with Crippen molar-refractivity contribution in [3.63, 3.8) is 0 Å². The number of hydrogen-bond donors (Lipinski definition) is 0. The molecule has 4 aromatic carbocycles. The van der Waals surface area contributed by atoms with Crippen molar-refractivity contribution >= 4 is 37.1 Å². The van der Waals surface area contributed by atoms with E-state index < -0.39 is 0 Å². The lowest BCUT2D eigenvalue weighted by Crippen LogP contribution is -2.13. The molecule has 0 saturated carbocycles. The van der Waals surface area contributed by atoms with Crippen LogP contribution in [0, 0.1) is 0 Å². The van der Waals surface area contributed by atoms with Gasteiger partial charge in [-0.1, -0.05) is 301 Å². The highest BCUT2D eigenvalue weighted by Crippen LogP contribution is 2.36. The van der Waals surface area contributed by atoms with Gasteiger partial charge in [-0.15, -0.1) is 0 Å². The topological polar surface area (TPSA) is 0 Å². The molecular weight excluding hydrogens is 735 g/mol. The molecule has 0 unspecified atom stereocenters. The summed E-state index contributed by atoms with van der Waals surface area (Å²) < 4.78 is 0. The molecule has 4 aromatic rings. The lowest BCUT2D eigenvalue weighted by Gasteiger charge is -2.18. The summed E-state index contributed by atoms with van der Waals surface area (Å²) in [5.41, 5.74) is 0. The number of benzene rings is 4. The molecule has 0 radical (unpaired) electrons. The molecule has 0 saturated heterocycles. The van der Waals surface area contributed by atoms with Crippen molar-refractivity contribution in [1.29, 1.82) is 0 Å². The van der Waals surface area contributed by atoms with Crippen LogP contribution in [0.2, 0.25) is 0 Å². The van der Waals surface area contributed by atoms with E-state index >= 15 is 0 Å². The van der Waals surface area contributed by atoms with Gasteiger partial charge in [0.25, 0.3) is 0 Å². The summed E-state index contributed by atoms with van der Waals surface area (Å²) in [5, 5.41) is 6.14. The lowest BCUT2D eigenvalue weighted by atomic mass is 10.0. The molecule has 0 heterocycles. The molecule has 0 spiro atoms. The normalized spacial score (nSPS) is 11.6. The molecular formula is C56H84P2. The minimum atomic E-state index is -0.209. The lowest BCUT2D eigenvalue weighted by molar-refractivity contribution is 0.513. The first kappa shape index (κ1) is 48.4. The van der Waals surface area contributed by atoms with Crippen LogP contribution in [0.1, 0.15) is 193 Å². The van der Waals surface area contributed by atoms with Gasteiger partial charge < -0.3 is 0 Å². The van der Waals surface area contributed by atoms with Crippen molar-refractivity contribution in [2.45, 2.75) is 193 Å². The summed E-state index contributed by atoms with van der Waals surface area (Å²) in [5.74, 6) is 0. The quantitative estimate of drug-likeness (QED) is 0.0314. The van der Waals surface area contributed by atoms with Gasteiger partial charge >= 0.3 is 0 Å². The molecule has 0 atom stereocenters. The van der Waals surface area contributed by atoms with E-state index in [1.807, 2.05) is 0 Å². The second-order valence-electron chi connectivity index (χ2n) is 17.3. The first-order valence-electron chi connectivity index (χ1n) is 24.7. The fourth-order valence-electron chi connectivity index (χ4n) is 8.74. The van der Waals surface area contributed by atoms with E-state index in [1.165, 1.54) is 226 Å². The Morgan fingerprint density at radius 2 is 0.310 bits per heavy atom. The van der Waals surface area contributed by atoms with Crippen molar-refractivity contribution < 1.29 is 0 Å². The van der Waals surface area contributed by atoms with Crippen molar-refractivity contribution in [2.75, 3.05) is 12.3 Å². The van der Waals surface area contributed by atoms with E-state index in [1.54, 1.807) is 0 Å². The summed E-state index contributed by atoms with van der Waals surface area (Å²) in [6.07, 6.45) is 46.2. The van der Waals surface area contributed by atoms with Crippen LogP contribution < -0.4 is 21.2 Å². The van der Waals surface area contributed by atoms with Crippen molar-refractivity contribution in [3.05, 3.63) is 121 Å². The first-order chi connectivity index (χ1) is 28.9. The molecule has 2 heteroatoms. The fraction of sp³-hybridized carbons (Fsp3) is 0.571. The molecule has 318 valence electrons. The van der Waals surface area contributed by atoms with E-state index in [0.717, 1.165) is 0 Å². The zero-order valence-electron chi connectivity index (χ0n) is 37.1. The molecule has 0 aliphatic heterocycles. The van der Waals surface area contributed by atoms with Crippen LogP contribution in [0.3, 0.4) is 0 Å². The van der Waals surface area contributed by atoms with Crippen LogP contribution in [0.5, 0.6) is 0 Å². The van der Waals surface area contributed by atoms with Crippen LogP contribution in [-0.2, 0) is 0 Å². The number of rotatable bonds is 37. The predicted molar refractivity (Wildman–Crippen MR) is 266 cm³/mol. The maximum Gasteiger partial charge on any atom is -0.0195 e. The van der Waals surface area contributed by atoms with Crippen LogP contribution in [-0.4, -0.2) is 12.3 Å². The van der Waals surface area contributed by atoms with Gasteiger partial charge in [0.2, 0.25) is 0 Å². The molecule has 0 amide bonds. The Balaban J connectivity index is 0.806. The second-order valence-corrected chi connectivity index (χ2v) is 21.9. The van der Waals surface area contributed by atoms with Crippen LogP contribution in [0.25, 0.3) is 0 Å².